The van der Waals surface area contributed by atoms with Gasteiger partial charge < -0.3 is 4.57 Å². The van der Waals surface area contributed by atoms with Crippen molar-refractivity contribution in [3.63, 3.8) is 0 Å². The molecule has 3 heteroatoms. The van der Waals surface area contributed by atoms with Crippen LogP contribution in [-0.2, 0) is 0 Å². The zero-order valence-corrected chi connectivity index (χ0v) is 15.7. The normalized spacial score (nSPS) is 14.5. The first-order valence-corrected chi connectivity index (χ1v) is 10.4. The molecule has 0 fully saturated rings. The van der Waals surface area contributed by atoms with Crippen LogP contribution in [-0.4, -0.2) is 31.2 Å². The third-order valence-electron chi connectivity index (χ3n) is 4.50. The Kier molecular flexibility index (Phi) is 6.44. The van der Waals surface area contributed by atoms with Crippen LogP contribution in [0.1, 0.15) is 54.9 Å². The van der Waals surface area contributed by atoms with Crippen molar-refractivity contribution in [1.82, 2.24) is 4.57 Å². The van der Waals surface area contributed by atoms with Crippen molar-refractivity contribution in [3.05, 3.63) is 0 Å². The lowest BCUT2D eigenvalue weighted by Gasteiger charge is -2.55. The van der Waals surface area contributed by atoms with E-state index in [1.165, 1.54) is 19.5 Å². The minimum atomic E-state index is -1.51. The number of hydrogen-bond donors (Lipinski definition) is 0. The number of halogens is 1. The molecule has 0 radical (unpaired) electrons. The van der Waals surface area contributed by atoms with Gasteiger partial charge in [0.1, 0.15) is 8.24 Å². The number of rotatable bonds is 5. The average molecular weight is 322 g/mol. The van der Waals surface area contributed by atoms with Crippen molar-refractivity contribution < 1.29 is 0 Å². The van der Waals surface area contributed by atoms with E-state index in [4.69, 9.17) is 0 Å². The second-order valence-corrected chi connectivity index (χ2v) is 13.8. The zero-order valence-electron chi connectivity index (χ0n) is 13.2. The molecule has 104 valence electrons. The summed E-state index contributed by atoms with van der Waals surface area (Å²) in [7, 11) is -1.51. The zero-order chi connectivity index (χ0) is 13.9. The van der Waals surface area contributed by atoms with Crippen LogP contribution >= 0.6 is 15.9 Å². The molecule has 0 unspecified atom stereocenters. The molecule has 0 bridgehead atoms. The van der Waals surface area contributed by atoms with Crippen molar-refractivity contribution in [1.29, 1.82) is 0 Å². The first-order chi connectivity index (χ1) is 7.52. The van der Waals surface area contributed by atoms with E-state index in [2.05, 4.69) is 75.5 Å². The van der Waals surface area contributed by atoms with Crippen molar-refractivity contribution in [2.45, 2.75) is 71.5 Å². The summed E-state index contributed by atoms with van der Waals surface area (Å²) in [5, 5.41) is 1.93. The molecule has 0 aromatic carbocycles. The predicted molar refractivity (Wildman–Crippen MR) is 86.7 cm³/mol. The Morgan fingerprint density at radius 1 is 1.00 bits per heavy atom. The summed E-state index contributed by atoms with van der Waals surface area (Å²) in [6.07, 6.45) is 1.25. The average Bonchev–Trinajstić information content (AvgIpc) is 2.15. The van der Waals surface area contributed by atoms with Crippen molar-refractivity contribution in [2.75, 3.05) is 18.4 Å². The van der Waals surface area contributed by atoms with Gasteiger partial charge in [0.25, 0.3) is 0 Å². The molecule has 0 saturated carbocycles. The van der Waals surface area contributed by atoms with Crippen LogP contribution in [0, 0.1) is 0 Å². The Hall–Kier alpha value is 0.657. The van der Waals surface area contributed by atoms with E-state index in [9.17, 15) is 0 Å². The highest BCUT2D eigenvalue weighted by Crippen LogP contribution is 2.52. The lowest BCUT2D eigenvalue weighted by atomic mass is 10.2. The minimum Gasteiger partial charge on any atom is -0.323 e. The molecule has 0 atom stereocenters. The molecular weight excluding hydrogens is 290 g/mol. The minimum absolute atomic E-state index is 0.410. The van der Waals surface area contributed by atoms with Crippen LogP contribution in [0.4, 0.5) is 0 Å². The monoisotopic (exact) mass is 321 g/mol. The van der Waals surface area contributed by atoms with Gasteiger partial charge >= 0.3 is 0 Å². The number of hydrogen-bond acceptors (Lipinski definition) is 1. The molecule has 0 spiro atoms. The summed E-state index contributed by atoms with van der Waals surface area (Å²) in [6.45, 7) is 21.9. The Labute approximate surface area is 119 Å². The van der Waals surface area contributed by atoms with Crippen molar-refractivity contribution in [2.24, 2.45) is 0 Å². The SMILES string of the molecule is CCN(CCCBr)[Si](C)(C(C)(C)C)C(C)(C)C. The van der Waals surface area contributed by atoms with Crippen LogP contribution in [0.15, 0.2) is 0 Å². The van der Waals surface area contributed by atoms with E-state index in [0.717, 1.165) is 5.33 Å². The molecule has 0 aliphatic rings. The molecule has 0 aliphatic carbocycles. The topological polar surface area (TPSA) is 3.24 Å². The third kappa shape index (κ3) is 3.81. The number of alkyl halides is 1. The highest BCUT2D eigenvalue weighted by atomic mass is 79.9. The van der Waals surface area contributed by atoms with E-state index in [1.54, 1.807) is 0 Å². The van der Waals surface area contributed by atoms with Gasteiger partial charge in [-0.05, 0) is 29.6 Å². The Morgan fingerprint density at radius 3 is 1.65 bits per heavy atom. The van der Waals surface area contributed by atoms with Gasteiger partial charge in [0, 0.05) is 5.33 Å². The first kappa shape index (κ1) is 17.7. The molecule has 0 heterocycles. The van der Waals surface area contributed by atoms with Gasteiger partial charge in [-0.25, -0.2) is 0 Å². The molecule has 0 aromatic rings. The molecular formula is C14H32BrNSi. The largest absolute Gasteiger partial charge is 0.323 e. The second kappa shape index (κ2) is 6.20. The molecule has 0 aromatic heterocycles. The molecule has 17 heavy (non-hydrogen) atoms. The van der Waals surface area contributed by atoms with Gasteiger partial charge in [-0.2, -0.15) is 0 Å². The Morgan fingerprint density at radius 2 is 1.41 bits per heavy atom. The summed E-state index contributed by atoms with van der Waals surface area (Å²) in [5.74, 6) is 0. The lowest BCUT2D eigenvalue weighted by molar-refractivity contribution is 0.382. The van der Waals surface area contributed by atoms with E-state index in [0.29, 0.717) is 10.1 Å². The smallest absolute Gasteiger partial charge is 0.136 e. The highest BCUT2D eigenvalue weighted by Gasteiger charge is 2.52. The summed E-state index contributed by atoms with van der Waals surface area (Å²) in [4.78, 5) is 0. The van der Waals surface area contributed by atoms with Gasteiger partial charge in [0.2, 0.25) is 0 Å². The molecule has 0 N–H and O–H groups in total. The first-order valence-electron chi connectivity index (χ1n) is 6.83. The predicted octanol–water partition coefficient (Wildman–Crippen LogP) is 5.27. The molecule has 0 aliphatic heterocycles. The van der Waals surface area contributed by atoms with Crippen molar-refractivity contribution >= 4 is 24.2 Å². The van der Waals surface area contributed by atoms with Crippen LogP contribution in [0.3, 0.4) is 0 Å². The van der Waals surface area contributed by atoms with Gasteiger partial charge in [-0.3, -0.25) is 0 Å². The van der Waals surface area contributed by atoms with Gasteiger partial charge in [0.15, 0.2) is 0 Å². The quantitative estimate of drug-likeness (QED) is 0.492. The molecule has 0 amide bonds. The van der Waals surface area contributed by atoms with Crippen molar-refractivity contribution in [3.8, 4) is 0 Å². The van der Waals surface area contributed by atoms with Crippen LogP contribution in [0.25, 0.3) is 0 Å². The summed E-state index contributed by atoms with van der Waals surface area (Å²) >= 11 is 3.56. The number of nitrogens with zero attached hydrogens (tertiary/aromatic N) is 1. The maximum Gasteiger partial charge on any atom is 0.136 e. The molecule has 0 rings (SSSR count). The maximum atomic E-state index is 3.56. The van der Waals surface area contributed by atoms with Gasteiger partial charge in [-0.1, -0.05) is 70.9 Å². The van der Waals surface area contributed by atoms with E-state index in [-0.39, 0.29) is 0 Å². The second-order valence-electron chi connectivity index (χ2n) is 7.19. The summed E-state index contributed by atoms with van der Waals surface area (Å²) in [6, 6.07) is 0. The van der Waals surface area contributed by atoms with Gasteiger partial charge in [0.05, 0.1) is 0 Å². The van der Waals surface area contributed by atoms with E-state index >= 15 is 0 Å². The lowest BCUT2D eigenvalue weighted by Crippen LogP contribution is -2.63. The standard InChI is InChI=1S/C14H32BrNSi/c1-9-16(12-10-11-15)17(8,13(2,3)4)14(5,6)7/h9-12H2,1-8H3. The van der Waals surface area contributed by atoms with Crippen LogP contribution < -0.4 is 0 Å². The fraction of sp³-hybridized carbons (Fsp3) is 1.00. The van der Waals surface area contributed by atoms with E-state index < -0.39 is 8.24 Å². The molecule has 0 saturated heterocycles. The van der Waals surface area contributed by atoms with E-state index in [1.807, 2.05) is 0 Å². The maximum absolute atomic E-state index is 3.56. The fourth-order valence-electron chi connectivity index (χ4n) is 3.02. The van der Waals surface area contributed by atoms with Crippen LogP contribution in [0.2, 0.25) is 16.6 Å². The Balaban J connectivity index is 5.30. The highest BCUT2D eigenvalue weighted by molar-refractivity contribution is 9.09. The summed E-state index contributed by atoms with van der Waals surface area (Å²) < 4.78 is 2.80. The van der Waals surface area contributed by atoms with Crippen LogP contribution in [0.5, 0.6) is 0 Å². The Bertz CT molecular complexity index is 213. The summed E-state index contributed by atoms with van der Waals surface area (Å²) in [5.41, 5.74) is 0. The fourth-order valence-corrected chi connectivity index (χ4v) is 8.66. The molecule has 1 nitrogen and oxygen atoms in total. The third-order valence-corrected chi connectivity index (χ3v) is 12.7. The van der Waals surface area contributed by atoms with Gasteiger partial charge in [-0.15, -0.1) is 0 Å².